The zero-order valence-electron chi connectivity index (χ0n) is 18.7. The molecule has 162 valence electrons. The van der Waals surface area contributed by atoms with Gasteiger partial charge in [-0.15, -0.1) is 6.58 Å². The monoisotopic (exact) mass is 410 g/mol. The topological polar surface area (TPSA) is 26.3 Å². The number of hydrogen-bond donors (Lipinski definition) is 0. The first kappa shape index (κ1) is 21.3. The third-order valence-electron chi connectivity index (χ3n) is 8.55. The fourth-order valence-electron chi connectivity index (χ4n) is 6.80. The lowest BCUT2D eigenvalue weighted by atomic mass is 9.46. The molecule has 4 rings (SSSR count). The highest BCUT2D eigenvalue weighted by atomic mass is 19.1. The Morgan fingerprint density at radius 3 is 2.80 bits per heavy atom. The van der Waals surface area contributed by atoms with E-state index in [9.17, 15) is 9.18 Å². The van der Waals surface area contributed by atoms with Crippen LogP contribution >= 0.6 is 0 Å². The molecule has 0 heterocycles. The van der Waals surface area contributed by atoms with Crippen LogP contribution in [0.25, 0.3) is 0 Å². The smallest absolute Gasteiger partial charge is 0.312 e. The lowest BCUT2D eigenvalue weighted by Gasteiger charge is -2.58. The molecule has 3 aliphatic carbocycles. The molecule has 2 saturated carbocycles. The highest BCUT2D eigenvalue weighted by Crippen LogP contribution is 2.64. The van der Waals surface area contributed by atoms with Crippen LogP contribution in [-0.4, -0.2) is 5.97 Å². The van der Waals surface area contributed by atoms with E-state index in [0.29, 0.717) is 17.4 Å². The summed E-state index contributed by atoms with van der Waals surface area (Å²) >= 11 is 0. The Labute approximate surface area is 180 Å². The van der Waals surface area contributed by atoms with Crippen molar-refractivity contribution in [1.82, 2.24) is 0 Å². The number of benzene rings is 1. The maximum absolute atomic E-state index is 13.5. The molecular formula is C27H35FO2. The molecule has 0 unspecified atom stereocenters. The van der Waals surface area contributed by atoms with Crippen LogP contribution in [0.2, 0.25) is 0 Å². The van der Waals surface area contributed by atoms with Crippen LogP contribution in [0, 0.1) is 33.9 Å². The van der Waals surface area contributed by atoms with Crippen LogP contribution in [-0.2, 0) is 16.1 Å². The minimum Gasteiger partial charge on any atom is -0.460 e. The van der Waals surface area contributed by atoms with E-state index >= 15 is 0 Å². The van der Waals surface area contributed by atoms with E-state index in [4.69, 9.17) is 4.74 Å². The van der Waals surface area contributed by atoms with Gasteiger partial charge in [0, 0.05) is 0 Å². The van der Waals surface area contributed by atoms with Crippen LogP contribution in [0.3, 0.4) is 0 Å². The number of fused-ring (bicyclic) bond motifs is 3. The summed E-state index contributed by atoms with van der Waals surface area (Å²) in [5.74, 6) is 0.491. The highest BCUT2D eigenvalue weighted by Gasteiger charge is 2.58. The second-order valence-electron chi connectivity index (χ2n) is 10.6. The molecule has 0 radical (unpaired) electrons. The van der Waals surface area contributed by atoms with E-state index in [1.54, 1.807) is 17.7 Å². The molecular weight excluding hydrogens is 375 g/mol. The lowest BCUT2D eigenvalue weighted by Crippen LogP contribution is -2.53. The van der Waals surface area contributed by atoms with Gasteiger partial charge in [0.25, 0.3) is 0 Å². The molecule has 1 aromatic carbocycles. The van der Waals surface area contributed by atoms with Gasteiger partial charge in [0.1, 0.15) is 12.4 Å². The van der Waals surface area contributed by atoms with Crippen molar-refractivity contribution in [3.05, 3.63) is 60.0 Å². The van der Waals surface area contributed by atoms with Crippen molar-refractivity contribution < 1.29 is 13.9 Å². The van der Waals surface area contributed by atoms with E-state index < -0.39 is 5.41 Å². The van der Waals surface area contributed by atoms with Gasteiger partial charge < -0.3 is 4.74 Å². The van der Waals surface area contributed by atoms with E-state index in [2.05, 4.69) is 39.5 Å². The fraction of sp³-hybridized carbons (Fsp3) is 0.593. The quantitative estimate of drug-likeness (QED) is 0.394. The summed E-state index contributed by atoms with van der Waals surface area (Å²) in [6.07, 6.45) is 12.1. The van der Waals surface area contributed by atoms with Crippen LogP contribution in [0.15, 0.2) is 48.6 Å². The first-order chi connectivity index (χ1) is 14.2. The molecule has 3 aliphatic rings. The number of hydrogen-bond acceptors (Lipinski definition) is 2. The van der Waals surface area contributed by atoms with Crippen molar-refractivity contribution in [2.24, 2.45) is 28.1 Å². The molecule has 2 fully saturated rings. The van der Waals surface area contributed by atoms with Gasteiger partial charge in [-0.05, 0) is 85.8 Å². The number of ether oxygens (including phenoxy) is 1. The van der Waals surface area contributed by atoms with Gasteiger partial charge in [0.2, 0.25) is 0 Å². The predicted octanol–water partition coefficient (Wildman–Crippen LogP) is 7.00. The zero-order chi connectivity index (χ0) is 21.6. The van der Waals surface area contributed by atoms with Gasteiger partial charge in [-0.2, -0.15) is 0 Å². The molecule has 0 aromatic heterocycles. The minimum atomic E-state index is -0.481. The van der Waals surface area contributed by atoms with Crippen LogP contribution in [0.1, 0.15) is 71.3 Å². The summed E-state index contributed by atoms with van der Waals surface area (Å²) in [4.78, 5) is 13.3. The Morgan fingerprint density at radius 2 is 2.07 bits per heavy atom. The van der Waals surface area contributed by atoms with Gasteiger partial charge in [0.05, 0.1) is 5.41 Å². The molecule has 0 saturated heterocycles. The van der Waals surface area contributed by atoms with E-state index in [1.807, 2.05) is 0 Å². The molecule has 30 heavy (non-hydrogen) atoms. The van der Waals surface area contributed by atoms with Gasteiger partial charge in [-0.1, -0.05) is 50.1 Å². The van der Waals surface area contributed by atoms with Crippen molar-refractivity contribution in [1.29, 1.82) is 0 Å². The first-order valence-corrected chi connectivity index (χ1v) is 11.5. The third kappa shape index (κ3) is 3.55. The predicted molar refractivity (Wildman–Crippen MR) is 118 cm³/mol. The second-order valence-corrected chi connectivity index (χ2v) is 10.6. The van der Waals surface area contributed by atoms with Gasteiger partial charge in [-0.25, -0.2) is 4.39 Å². The second kappa shape index (κ2) is 7.66. The molecule has 2 nitrogen and oxygen atoms in total. The maximum atomic E-state index is 13.5. The normalized spacial score (nSPS) is 38.1. The fourth-order valence-corrected chi connectivity index (χ4v) is 6.80. The Balaban J connectivity index is 1.55. The van der Waals surface area contributed by atoms with Crippen LogP contribution in [0.4, 0.5) is 4.39 Å². The standard InChI is InChI=1S/C27H35FO2/c1-5-25(2)15-12-22-20(17-25)10-11-23-26(22,3)13-7-14-27(23,4)24(29)30-18-19-8-6-9-21(28)16-19/h5-6,8-9,12,16,20,23H,1,7,10-11,13-15,17-18H2,2-4H3/t20-,23-,25-,26-,27+/m0/s1. The number of carbonyl (C=O) groups is 1. The van der Waals surface area contributed by atoms with Gasteiger partial charge >= 0.3 is 5.97 Å². The third-order valence-corrected chi connectivity index (χ3v) is 8.55. The zero-order valence-corrected chi connectivity index (χ0v) is 18.7. The van der Waals surface area contributed by atoms with Crippen LogP contribution < -0.4 is 0 Å². The Hall–Kier alpha value is -1.90. The largest absolute Gasteiger partial charge is 0.460 e. The molecule has 0 spiro atoms. The average Bonchev–Trinajstić information content (AvgIpc) is 2.71. The van der Waals surface area contributed by atoms with E-state index in [-0.39, 0.29) is 29.2 Å². The molecule has 0 bridgehead atoms. The summed E-state index contributed by atoms with van der Waals surface area (Å²) < 4.78 is 19.2. The number of rotatable bonds is 4. The molecule has 3 heteroatoms. The van der Waals surface area contributed by atoms with Crippen molar-refractivity contribution in [2.45, 2.75) is 72.3 Å². The highest BCUT2D eigenvalue weighted by molar-refractivity contribution is 5.77. The summed E-state index contributed by atoms with van der Waals surface area (Å²) in [5.41, 5.74) is 2.07. The molecule has 5 atom stereocenters. The van der Waals surface area contributed by atoms with Crippen molar-refractivity contribution >= 4 is 5.97 Å². The molecule has 0 amide bonds. The maximum Gasteiger partial charge on any atom is 0.312 e. The van der Waals surface area contributed by atoms with Crippen molar-refractivity contribution in [2.75, 3.05) is 0 Å². The first-order valence-electron chi connectivity index (χ1n) is 11.5. The minimum absolute atomic E-state index is 0.0658. The van der Waals surface area contributed by atoms with Gasteiger partial charge in [-0.3, -0.25) is 4.79 Å². The van der Waals surface area contributed by atoms with E-state index in [1.165, 1.54) is 18.6 Å². The number of esters is 1. The summed E-state index contributed by atoms with van der Waals surface area (Å²) in [6, 6.07) is 6.31. The molecule has 1 aromatic rings. The Bertz CT molecular complexity index is 873. The number of halogens is 1. The summed E-state index contributed by atoms with van der Waals surface area (Å²) in [7, 11) is 0. The summed E-state index contributed by atoms with van der Waals surface area (Å²) in [6.45, 7) is 11.0. The van der Waals surface area contributed by atoms with Crippen molar-refractivity contribution in [3.8, 4) is 0 Å². The van der Waals surface area contributed by atoms with E-state index in [0.717, 1.165) is 38.5 Å². The Morgan fingerprint density at radius 1 is 1.27 bits per heavy atom. The Kier molecular flexibility index (Phi) is 5.45. The van der Waals surface area contributed by atoms with Gasteiger partial charge in [0.15, 0.2) is 0 Å². The molecule has 0 N–H and O–H groups in total. The number of allylic oxidation sites excluding steroid dienone is 3. The van der Waals surface area contributed by atoms with Crippen LogP contribution in [0.5, 0.6) is 0 Å². The number of carbonyl (C=O) groups excluding carboxylic acids is 1. The molecule has 0 aliphatic heterocycles. The van der Waals surface area contributed by atoms with Crippen molar-refractivity contribution in [3.63, 3.8) is 0 Å². The summed E-state index contributed by atoms with van der Waals surface area (Å²) in [5, 5.41) is 0. The lowest BCUT2D eigenvalue weighted by molar-refractivity contribution is -0.169. The average molecular weight is 411 g/mol. The SMILES string of the molecule is C=C[C@@]1(C)CC=C2[C@@H](CC[C@@H]3[C@](C)(C(=O)OCc4cccc(F)c4)CCC[C@@]23C)C1.